The number of hydrogen-bond acceptors (Lipinski definition) is 6. The van der Waals surface area contributed by atoms with Crippen molar-refractivity contribution in [2.24, 2.45) is 0 Å². The number of methoxy groups -OCH3 is 1. The number of aromatic amines is 1. The summed E-state index contributed by atoms with van der Waals surface area (Å²) in [5.74, 6) is -0.200. The fraction of sp³-hybridized carbons (Fsp3) is 0.556. The summed E-state index contributed by atoms with van der Waals surface area (Å²) in [6.07, 6.45) is -0.562. The number of ether oxygens (including phenoxy) is 1. The monoisotopic (exact) mass is 246 g/mol. The van der Waals surface area contributed by atoms with Crippen molar-refractivity contribution in [3.05, 3.63) is 17.5 Å². The molecule has 0 aromatic carbocycles. The molecule has 6 nitrogen and oxygen atoms in total. The van der Waals surface area contributed by atoms with Gasteiger partial charge >= 0.3 is 5.97 Å². The van der Waals surface area contributed by atoms with E-state index in [2.05, 4.69) is 27.6 Å². The molecule has 0 spiro atoms. The number of nitrogens with zero attached hydrogens (tertiary/aromatic N) is 1. The number of H-pyrrole nitrogens is 1. The van der Waals surface area contributed by atoms with Crippen LogP contribution in [0, 0.1) is 0 Å². The van der Waals surface area contributed by atoms with Gasteiger partial charge in [-0.3, -0.25) is 5.10 Å². The molecule has 0 amide bonds. The van der Waals surface area contributed by atoms with E-state index >= 15 is 0 Å². The second-order valence-electron chi connectivity index (χ2n) is 3.22. The van der Waals surface area contributed by atoms with Crippen LogP contribution in [0.2, 0.25) is 0 Å². The van der Waals surface area contributed by atoms with Crippen LogP contribution in [-0.2, 0) is 4.74 Å². The first-order valence-electron chi connectivity index (χ1n) is 4.70. The summed E-state index contributed by atoms with van der Waals surface area (Å²) < 4.78 is 4.51. The molecule has 0 bridgehead atoms. The summed E-state index contributed by atoms with van der Waals surface area (Å²) in [4.78, 5) is 11.3. The summed E-state index contributed by atoms with van der Waals surface area (Å²) >= 11 is 3.95. The van der Waals surface area contributed by atoms with Crippen molar-refractivity contribution < 1.29 is 19.7 Å². The number of esters is 1. The van der Waals surface area contributed by atoms with Crippen molar-refractivity contribution in [3.8, 4) is 0 Å². The Hall–Kier alpha value is -1.05. The lowest BCUT2D eigenvalue weighted by Crippen LogP contribution is -2.20. The molecule has 0 aliphatic heterocycles. The number of nitrogens with one attached hydrogen (secondary N) is 1. The van der Waals surface area contributed by atoms with E-state index in [1.165, 1.54) is 13.3 Å². The van der Waals surface area contributed by atoms with E-state index in [0.717, 1.165) is 0 Å². The van der Waals surface area contributed by atoms with Crippen LogP contribution in [0.1, 0.15) is 28.6 Å². The van der Waals surface area contributed by atoms with Crippen LogP contribution in [0.5, 0.6) is 0 Å². The first-order valence-corrected chi connectivity index (χ1v) is 5.33. The molecule has 1 heterocycles. The lowest BCUT2D eigenvalue weighted by atomic mass is 10.0. The molecule has 0 radical (unpaired) electrons. The van der Waals surface area contributed by atoms with Gasteiger partial charge in [-0.05, 0) is 12.2 Å². The molecule has 0 saturated heterocycles. The molecule has 3 N–H and O–H groups in total. The third-order valence-corrected chi connectivity index (χ3v) is 2.42. The molecule has 1 rings (SSSR count). The molecular formula is C9H14N2O4S. The van der Waals surface area contributed by atoms with Crippen molar-refractivity contribution in [1.82, 2.24) is 10.2 Å². The van der Waals surface area contributed by atoms with Crippen LogP contribution < -0.4 is 0 Å². The van der Waals surface area contributed by atoms with Crippen molar-refractivity contribution in [2.45, 2.75) is 18.6 Å². The standard InChI is InChI=1S/C9H14N2O4S/c1-15-9(14)7-5(4-10-11-7)8(13)6(12)2-3-16/h4,6,8,12-13,16H,2-3H2,1H3,(H,10,11). The van der Waals surface area contributed by atoms with Crippen LogP contribution in [0.25, 0.3) is 0 Å². The van der Waals surface area contributed by atoms with Crippen LogP contribution in [0.4, 0.5) is 0 Å². The molecule has 0 aliphatic rings. The highest BCUT2D eigenvalue weighted by Crippen LogP contribution is 2.21. The van der Waals surface area contributed by atoms with Gasteiger partial charge in [0.05, 0.1) is 19.4 Å². The van der Waals surface area contributed by atoms with Gasteiger partial charge in [0.25, 0.3) is 0 Å². The number of aromatic nitrogens is 2. The van der Waals surface area contributed by atoms with Gasteiger partial charge in [-0.2, -0.15) is 17.7 Å². The average Bonchev–Trinajstić information content (AvgIpc) is 2.76. The molecule has 16 heavy (non-hydrogen) atoms. The van der Waals surface area contributed by atoms with E-state index in [1.807, 2.05) is 0 Å². The number of hydrogen-bond donors (Lipinski definition) is 4. The first-order chi connectivity index (χ1) is 7.61. The third-order valence-electron chi connectivity index (χ3n) is 2.17. The highest BCUT2D eigenvalue weighted by atomic mass is 32.1. The van der Waals surface area contributed by atoms with Crippen molar-refractivity contribution in [3.63, 3.8) is 0 Å². The maximum atomic E-state index is 11.3. The Labute approximate surface area is 98.0 Å². The van der Waals surface area contributed by atoms with Gasteiger partial charge < -0.3 is 14.9 Å². The van der Waals surface area contributed by atoms with Crippen LogP contribution >= 0.6 is 12.6 Å². The number of aliphatic hydroxyl groups excluding tert-OH is 2. The van der Waals surface area contributed by atoms with Gasteiger partial charge in [-0.1, -0.05) is 0 Å². The molecule has 0 fully saturated rings. The van der Waals surface area contributed by atoms with Gasteiger partial charge in [-0.15, -0.1) is 0 Å². The topological polar surface area (TPSA) is 95.4 Å². The summed E-state index contributed by atoms with van der Waals surface area (Å²) in [7, 11) is 1.23. The molecule has 1 aromatic rings. The Morgan fingerprint density at radius 2 is 2.38 bits per heavy atom. The van der Waals surface area contributed by atoms with Crippen LogP contribution in [-0.4, -0.2) is 45.3 Å². The summed E-state index contributed by atoms with van der Waals surface area (Å²) in [5, 5.41) is 25.4. The van der Waals surface area contributed by atoms with E-state index in [-0.39, 0.29) is 11.3 Å². The van der Waals surface area contributed by atoms with Gasteiger partial charge in [0.1, 0.15) is 11.8 Å². The van der Waals surface area contributed by atoms with E-state index in [1.54, 1.807) is 0 Å². The first kappa shape index (κ1) is 13.0. The molecule has 2 atom stereocenters. The number of carbonyl (C=O) groups excluding carboxylic acids is 1. The van der Waals surface area contributed by atoms with E-state index in [0.29, 0.717) is 12.2 Å². The van der Waals surface area contributed by atoms with Crippen LogP contribution in [0.15, 0.2) is 6.20 Å². The van der Waals surface area contributed by atoms with Gasteiger partial charge in [0.15, 0.2) is 0 Å². The Kier molecular flexibility index (Phi) is 4.78. The summed E-state index contributed by atoms with van der Waals surface area (Å²) in [5.41, 5.74) is 0.273. The van der Waals surface area contributed by atoms with E-state index in [4.69, 9.17) is 0 Å². The Bertz CT molecular complexity index is 355. The minimum Gasteiger partial charge on any atom is -0.464 e. The zero-order valence-corrected chi connectivity index (χ0v) is 9.65. The zero-order valence-electron chi connectivity index (χ0n) is 8.75. The fourth-order valence-corrected chi connectivity index (χ4v) is 1.55. The number of aliphatic hydroxyl groups is 2. The van der Waals surface area contributed by atoms with Gasteiger partial charge in [0, 0.05) is 5.56 Å². The minimum absolute atomic E-state index is 0.0493. The van der Waals surface area contributed by atoms with Gasteiger partial charge in [0.2, 0.25) is 0 Å². The fourth-order valence-electron chi connectivity index (χ4n) is 1.28. The molecule has 0 aliphatic carbocycles. The lowest BCUT2D eigenvalue weighted by molar-refractivity contribution is 0.0160. The Morgan fingerprint density at radius 3 is 2.94 bits per heavy atom. The number of thiol groups is 1. The minimum atomic E-state index is -1.18. The average molecular weight is 246 g/mol. The summed E-state index contributed by atoms with van der Waals surface area (Å²) in [6, 6.07) is 0. The third kappa shape index (κ3) is 2.75. The normalized spacial score (nSPS) is 14.5. The summed E-state index contributed by atoms with van der Waals surface area (Å²) in [6.45, 7) is 0. The molecule has 2 unspecified atom stereocenters. The van der Waals surface area contributed by atoms with Crippen molar-refractivity contribution in [2.75, 3.05) is 12.9 Å². The second kappa shape index (κ2) is 5.88. The lowest BCUT2D eigenvalue weighted by Gasteiger charge is -2.16. The molecule has 0 saturated carbocycles. The smallest absolute Gasteiger partial charge is 0.356 e. The number of rotatable bonds is 5. The van der Waals surface area contributed by atoms with E-state index in [9.17, 15) is 15.0 Å². The highest BCUT2D eigenvalue weighted by Gasteiger charge is 2.25. The predicted molar refractivity (Wildman–Crippen MR) is 59.4 cm³/mol. The highest BCUT2D eigenvalue weighted by molar-refractivity contribution is 7.80. The van der Waals surface area contributed by atoms with E-state index < -0.39 is 18.2 Å². The molecule has 7 heteroatoms. The SMILES string of the molecule is COC(=O)c1[nH]ncc1C(O)C(O)CCS. The van der Waals surface area contributed by atoms with Crippen LogP contribution in [0.3, 0.4) is 0 Å². The maximum absolute atomic E-state index is 11.3. The molecule has 1 aromatic heterocycles. The number of carbonyl (C=O) groups is 1. The predicted octanol–water partition coefficient (Wildman–Crippen LogP) is -0.0895. The van der Waals surface area contributed by atoms with Crippen molar-refractivity contribution in [1.29, 1.82) is 0 Å². The largest absolute Gasteiger partial charge is 0.464 e. The zero-order chi connectivity index (χ0) is 12.1. The van der Waals surface area contributed by atoms with Crippen molar-refractivity contribution >= 4 is 18.6 Å². The Balaban J connectivity index is 2.87. The second-order valence-corrected chi connectivity index (χ2v) is 3.66. The molecular weight excluding hydrogens is 232 g/mol. The maximum Gasteiger partial charge on any atom is 0.356 e. The Morgan fingerprint density at radius 1 is 1.69 bits per heavy atom. The van der Waals surface area contributed by atoms with Gasteiger partial charge in [-0.25, -0.2) is 4.79 Å². The quantitative estimate of drug-likeness (QED) is 0.430. The molecule has 90 valence electrons.